The molecule has 0 amide bonds. The molecule has 0 aliphatic rings. The topological polar surface area (TPSA) is 28.7 Å². The van der Waals surface area contributed by atoms with E-state index < -0.39 is 0 Å². The molecule has 1 N–H and O–H groups in total. The molecule has 74 valence electrons. The predicted molar refractivity (Wildman–Crippen MR) is 66.3 cm³/mol. The Bertz CT molecular complexity index is 660. The van der Waals surface area contributed by atoms with Crippen molar-refractivity contribution < 1.29 is 0 Å². The zero-order valence-corrected chi connectivity index (χ0v) is 9.93. The summed E-state index contributed by atoms with van der Waals surface area (Å²) in [5.74, 6) is 0. The Hall–Kier alpha value is -1.06. The van der Waals surface area contributed by atoms with Crippen LogP contribution in [0.1, 0.15) is 0 Å². The largest absolute Gasteiger partial charge is 0.353 e. The van der Waals surface area contributed by atoms with Crippen molar-refractivity contribution in [2.75, 3.05) is 0 Å². The summed E-state index contributed by atoms with van der Waals surface area (Å²) in [5, 5.41) is 2.97. The first-order valence-electron chi connectivity index (χ1n) is 4.47. The van der Waals surface area contributed by atoms with E-state index in [1.54, 1.807) is 6.20 Å². The van der Waals surface area contributed by atoms with Gasteiger partial charge in [0.2, 0.25) is 0 Å². The lowest BCUT2D eigenvalue weighted by atomic mass is 10.2. The molecule has 2 aromatic heterocycles. The standard InChI is InChI=1S/C11H6BrClN2/c12-11-7(13)1-2-8-10(11)6-3-4-14-5-9(6)15-8/h1-5,15H. The van der Waals surface area contributed by atoms with E-state index in [-0.39, 0.29) is 0 Å². The SMILES string of the molecule is Clc1ccc2[nH]c3cnccc3c2c1Br. The Morgan fingerprint density at radius 2 is 2.07 bits per heavy atom. The van der Waals surface area contributed by atoms with Crippen molar-refractivity contribution in [3.63, 3.8) is 0 Å². The molecule has 0 atom stereocenters. The summed E-state index contributed by atoms with van der Waals surface area (Å²) >= 11 is 9.58. The minimum absolute atomic E-state index is 0.722. The van der Waals surface area contributed by atoms with Gasteiger partial charge in [-0.1, -0.05) is 11.6 Å². The van der Waals surface area contributed by atoms with Gasteiger partial charge in [-0.3, -0.25) is 4.98 Å². The number of nitrogens with one attached hydrogen (secondary N) is 1. The van der Waals surface area contributed by atoms with Crippen LogP contribution in [0.3, 0.4) is 0 Å². The van der Waals surface area contributed by atoms with Crippen LogP contribution in [0.5, 0.6) is 0 Å². The van der Waals surface area contributed by atoms with E-state index in [0.717, 1.165) is 31.3 Å². The third-order valence-corrected chi connectivity index (χ3v) is 3.82. The van der Waals surface area contributed by atoms with E-state index in [4.69, 9.17) is 11.6 Å². The highest BCUT2D eigenvalue weighted by atomic mass is 79.9. The van der Waals surface area contributed by atoms with Gasteiger partial charge in [0.05, 0.1) is 16.7 Å². The zero-order valence-electron chi connectivity index (χ0n) is 7.59. The molecular weight excluding hydrogens is 275 g/mol. The second-order valence-corrected chi connectivity index (χ2v) is 4.53. The van der Waals surface area contributed by atoms with Crippen molar-refractivity contribution >= 4 is 49.3 Å². The van der Waals surface area contributed by atoms with Crippen LogP contribution in [0.15, 0.2) is 35.1 Å². The molecule has 0 fully saturated rings. The molecule has 0 unspecified atom stereocenters. The summed E-state index contributed by atoms with van der Waals surface area (Å²) in [4.78, 5) is 7.38. The molecule has 0 spiro atoms. The van der Waals surface area contributed by atoms with Crippen LogP contribution < -0.4 is 0 Å². The summed E-state index contributed by atoms with van der Waals surface area (Å²) in [6, 6.07) is 5.83. The number of rotatable bonds is 0. The van der Waals surface area contributed by atoms with Gasteiger partial charge < -0.3 is 4.98 Å². The second-order valence-electron chi connectivity index (χ2n) is 3.33. The van der Waals surface area contributed by atoms with Crippen LogP contribution in [0.25, 0.3) is 21.8 Å². The highest BCUT2D eigenvalue weighted by molar-refractivity contribution is 9.10. The van der Waals surface area contributed by atoms with Gasteiger partial charge in [-0.05, 0) is 34.1 Å². The van der Waals surface area contributed by atoms with Crippen molar-refractivity contribution in [3.8, 4) is 0 Å². The minimum Gasteiger partial charge on any atom is -0.353 e. The number of aromatic nitrogens is 2. The summed E-state index contributed by atoms with van der Waals surface area (Å²) in [7, 11) is 0. The lowest BCUT2D eigenvalue weighted by molar-refractivity contribution is 1.35. The third kappa shape index (κ3) is 1.27. The molecule has 0 saturated carbocycles. The van der Waals surface area contributed by atoms with Crippen LogP contribution in [0.4, 0.5) is 0 Å². The maximum atomic E-state index is 6.07. The monoisotopic (exact) mass is 280 g/mol. The molecule has 4 heteroatoms. The fraction of sp³-hybridized carbons (Fsp3) is 0. The number of benzene rings is 1. The molecule has 0 radical (unpaired) electrons. The number of hydrogen-bond donors (Lipinski definition) is 1. The van der Waals surface area contributed by atoms with Crippen molar-refractivity contribution in [3.05, 3.63) is 40.1 Å². The number of halogens is 2. The van der Waals surface area contributed by atoms with Crippen molar-refractivity contribution in [1.29, 1.82) is 0 Å². The maximum absolute atomic E-state index is 6.07. The molecule has 0 aliphatic heterocycles. The summed E-state index contributed by atoms with van der Waals surface area (Å²) in [6.07, 6.45) is 3.60. The molecule has 15 heavy (non-hydrogen) atoms. The number of fused-ring (bicyclic) bond motifs is 3. The Morgan fingerprint density at radius 3 is 2.93 bits per heavy atom. The van der Waals surface area contributed by atoms with Gasteiger partial charge in [-0.25, -0.2) is 0 Å². The first-order valence-corrected chi connectivity index (χ1v) is 5.64. The lowest BCUT2D eigenvalue weighted by Crippen LogP contribution is -1.72. The Morgan fingerprint density at radius 1 is 1.20 bits per heavy atom. The minimum atomic E-state index is 0.722. The molecular formula is C11H6BrClN2. The van der Waals surface area contributed by atoms with Gasteiger partial charge in [-0.2, -0.15) is 0 Å². The van der Waals surface area contributed by atoms with Crippen molar-refractivity contribution in [2.45, 2.75) is 0 Å². The smallest absolute Gasteiger partial charge is 0.0651 e. The molecule has 2 nitrogen and oxygen atoms in total. The number of H-pyrrole nitrogens is 1. The molecule has 2 heterocycles. The van der Waals surface area contributed by atoms with Gasteiger partial charge in [0.15, 0.2) is 0 Å². The molecule has 0 aliphatic carbocycles. The fourth-order valence-electron chi connectivity index (χ4n) is 1.78. The van der Waals surface area contributed by atoms with Crippen LogP contribution in [0.2, 0.25) is 5.02 Å². The maximum Gasteiger partial charge on any atom is 0.0651 e. The Kier molecular flexibility index (Phi) is 1.97. The highest BCUT2D eigenvalue weighted by Crippen LogP contribution is 2.35. The number of aromatic amines is 1. The Balaban J connectivity index is 2.63. The predicted octanol–water partition coefficient (Wildman–Crippen LogP) is 4.13. The van der Waals surface area contributed by atoms with Gasteiger partial charge in [0.25, 0.3) is 0 Å². The number of nitrogens with zero attached hydrogens (tertiary/aromatic N) is 1. The molecule has 0 saturated heterocycles. The van der Waals surface area contributed by atoms with E-state index in [2.05, 4.69) is 25.9 Å². The average molecular weight is 282 g/mol. The average Bonchev–Trinajstić information content (AvgIpc) is 2.62. The van der Waals surface area contributed by atoms with E-state index >= 15 is 0 Å². The first-order chi connectivity index (χ1) is 7.27. The van der Waals surface area contributed by atoms with Crippen LogP contribution in [0, 0.1) is 0 Å². The first kappa shape index (κ1) is 9.19. The number of hydrogen-bond acceptors (Lipinski definition) is 1. The van der Waals surface area contributed by atoms with Crippen LogP contribution >= 0.6 is 27.5 Å². The van der Waals surface area contributed by atoms with Gasteiger partial charge in [0, 0.05) is 27.0 Å². The normalized spacial score (nSPS) is 11.3. The molecule has 3 aromatic rings. The molecule has 3 rings (SSSR count). The summed E-state index contributed by atoms with van der Waals surface area (Å²) < 4.78 is 0.930. The molecule has 0 bridgehead atoms. The summed E-state index contributed by atoms with van der Waals surface area (Å²) in [6.45, 7) is 0. The van der Waals surface area contributed by atoms with Crippen molar-refractivity contribution in [2.24, 2.45) is 0 Å². The van der Waals surface area contributed by atoms with Crippen LogP contribution in [-0.4, -0.2) is 9.97 Å². The van der Waals surface area contributed by atoms with Gasteiger partial charge >= 0.3 is 0 Å². The van der Waals surface area contributed by atoms with E-state index in [1.807, 2.05) is 24.4 Å². The number of pyridine rings is 1. The summed E-state index contributed by atoms with van der Waals surface area (Å²) in [5.41, 5.74) is 2.09. The lowest BCUT2D eigenvalue weighted by Gasteiger charge is -1.97. The van der Waals surface area contributed by atoms with E-state index in [9.17, 15) is 0 Å². The van der Waals surface area contributed by atoms with E-state index in [0.29, 0.717) is 0 Å². The third-order valence-electron chi connectivity index (χ3n) is 2.45. The van der Waals surface area contributed by atoms with Gasteiger partial charge in [0.1, 0.15) is 0 Å². The Labute approximate surface area is 99.4 Å². The quantitative estimate of drug-likeness (QED) is 0.659. The van der Waals surface area contributed by atoms with Crippen molar-refractivity contribution in [1.82, 2.24) is 9.97 Å². The fourth-order valence-corrected chi connectivity index (χ4v) is 2.49. The van der Waals surface area contributed by atoms with Gasteiger partial charge in [-0.15, -0.1) is 0 Å². The zero-order chi connectivity index (χ0) is 10.4. The molecule has 1 aromatic carbocycles. The van der Waals surface area contributed by atoms with Crippen LogP contribution in [-0.2, 0) is 0 Å². The van der Waals surface area contributed by atoms with E-state index in [1.165, 1.54) is 0 Å². The second kappa shape index (κ2) is 3.22. The highest BCUT2D eigenvalue weighted by Gasteiger charge is 2.09.